The molecule has 3 N–H and O–H groups in total. The number of carbonyl (C=O) groups is 1. The van der Waals surface area contributed by atoms with E-state index in [4.69, 9.17) is 5.73 Å². The van der Waals surface area contributed by atoms with Crippen molar-refractivity contribution in [3.63, 3.8) is 0 Å². The third kappa shape index (κ3) is 4.44. The molecule has 19 heavy (non-hydrogen) atoms. The van der Waals surface area contributed by atoms with Gasteiger partial charge in [-0.05, 0) is 26.8 Å². The topological polar surface area (TPSA) is 55.1 Å². The molecule has 0 saturated heterocycles. The summed E-state index contributed by atoms with van der Waals surface area (Å²) in [5.74, 6) is -1.58. The number of amides is 1. The van der Waals surface area contributed by atoms with Crippen molar-refractivity contribution in [2.75, 3.05) is 6.54 Å². The van der Waals surface area contributed by atoms with Crippen molar-refractivity contribution >= 4 is 18.3 Å². The Labute approximate surface area is 118 Å². The van der Waals surface area contributed by atoms with Crippen LogP contribution in [0.2, 0.25) is 0 Å². The van der Waals surface area contributed by atoms with E-state index in [1.165, 1.54) is 6.07 Å². The van der Waals surface area contributed by atoms with Crippen molar-refractivity contribution in [2.45, 2.75) is 26.8 Å². The Bertz CT molecular complexity index is 452. The first-order chi connectivity index (χ1) is 8.27. The minimum atomic E-state index is -0.717. The summed E-state index contributed by atoms with van der Waals surface area (Å²) in [6.45, 7) is 5.24. The summed E-state index contributed by atoms with van der Waals surface area (Å²) < 4.78 is 26.3. The highest BCUT2D eigenvalue weighted by atomic mass is 35.5. The first kappa shape index (κ1) is 17.8. The van der Waals surface area contributed by atoms with Crippen LogP contribution in [0.4, 0.5) is 8.78 Å². The number of nitrogens with two attached hydrogens (primary N) is 1. The minimum absolute atomic E-state index is 0. The molecule has 0 fully saturated rings. The van der Waals surface area contributed by atoms with Gasteiger partial charge in [-0.1, -0.05) is 6.07 Å². The van der Waals surface area contributed by atoms with Crippen LogP contribution in [0.15, 0.2) is 18.2 Å². The van der Waals surface area contributed by atoms with E-state index < -0.39 is 23.1 Å². The summed E-state index contributed by atoms with van der Waals surface area (Å²) in [4.78, 5) is 11.9. The molecule has 1 rings (SSSR count). The van der Waals surface area contributed by atoms with Crippen LogP contribution in [-0.2, 0) is 4.79 Å². The molecule has 0 saturated carbocycles. The summed E-state index contributed by atoms with van der Waals surface area (Å²) in [6, 6.07) is 2.75. The van der Waals surface area contributed by atoms with Gasteiger partial charge in [0.1, 0.15) is 11.6 Å². The fourth-order valence-electron chi connectivity index (χ4n) is 1.42. The Morgan fingerprint density at radius 1 is 1.42 bits per heavy atom. The molecule has 0 heterocycles. The van der Waals surface area contributed by atoms with Crippen molar-refractivity contribution in [2.24, 2.45) is 11.1 Å². The zero-order valence-corrected chi connectivity index (χ0v) is 12.0. The van der Waals surface area contributed by atoms with Crippen LogP contribution in [0.3, 0.4) is 0 Å². The van der Waals surface area contributed by atoms with Gasteiger partial charge in [-0.15, -0.1) is 12.4 Å². The SMILES string of the molecule is CC(NC(=O)C(C)(C)CN)c1ccc(F)cc1F.Cl. The van der Waals surface area contributed by atoms with Gasteiger partial charge in [0.2, 0.25) is 5.91 Å². The number of hydrogen-bond acceptors (Lipinski definition) is 2. The van der Waals surface area contributed by atoms with Gasteiger partial charge in [0, 0.05) is 18.2 Å². The predicted molar refractivity (Wildman–Crippen MR) is 73.0 cm³/mol. The lowest BCUT2D eigenvalue weighted by Gasteiger charge is -2.24. The number of benzene rings is 1. The molecule has 6 heteroatoms. The quantitative estimate of drug-likeness (QED) is 0.896. The van der Waals surface area contributed by atoms with Crippen molar-refractivity contribution < 1.29 is 13.6 Å². The van der Waals surface area contributed by atoms with Crippen molar-refractivity contribution in [3.8, 4) is 0 Å². The molecule has 0 bridgehead atoms. The van der Waals surface area contributed by atoms with Gasteiger partial charge in [0.15, 0.2) is 0 Å². The van der Waals surface area contributed by atoms with Gasteiger partial charge in [0.25, 0.3) is 0 Å². The molecule has 1 atom stereocenters. The zero-order chi connectivity index (χ0) is 13.9. The lowest BCUT2D eigenvalue weighted by Crippen LogP contribution is -2.42. The molecule has 1 unspecified atom stereocenters. The molecule has 0 aliphatic heterocycles. The number of hydrogen-bond donors (Lipinski definition) is 2. The summed E-state index contributed by atoms with van der Waals surface area (Å²) in [6.07, 6.45) is 0. The molecule has 1 aromatic carbocycles. The lowest BCUT2D eigenvalue weighted by molar-refractivity contribution is -0.129. The molecule has 0 aliphatic carbocycles. The molecular formula is C13H19ClF2N2O. The first-order valence-electron chi connectivity index (χ1n) is 5.74. The van der Waals surface area contributed by atoms with E-state index in [2.05, 4.69) is 5.32 Å². The summed E-state index contributed by atoms with van der Waals surface area (Å²) >= 11 is 0. The highest BCUT2D eigenvalue weighted by Crippen LogP contribution is 2.20. The number of nitrogens with one attached hydrogen (secondary N) is 1. The van der Waals surface area contributed by atoms with Crippen LogP contribution in [0, 0.1) is 17.0 Å². The van der Waals surface area contributed by atoms with Gasteiger partial charge in [0.05, 0.1) is 11.5 Å². The predicted octanol–water partition coefficient (Wildman–Crippen LogP) is 2.55. The smallest absolute Gasteiger partial charge is 0.227 e. The van der Waals surface area contributed by atoms with Gasteiger partial charge in [-0.3, -0.25) is 4.79 Å². The highest BCUT2D eigenvalue weighted by molar-refractivity contribution is 5.85. The molecule has 0 radical (unpaired) electrons. The van der Waals surface area contributed by atoms with Crippen LogP contribution in [0.1, 0.15) is 32.4 Å². The summed E-state index contributed by atoms with van der Waals surface area (Å²) in [5.41, 5.74) is 5.02. The maximum Gasteiger partial charge on any atom is 0.227 e. The largest absolute Gasteiger partial charge is 0.349 e. The second-order valence-electron chi connectivity index (χ2n) is 4.95. The van der Waals surface area contributed by atoms with Crippen molar-refractivity contribution in [3.05, 3.63) is 35.4 Å². The van der Waals surface area contributed by atoms with E-state index in [1.807, 2.05) is 0 Å². The summed E-state index contributed by atoms with van der Waals surface area (Å²) in [5, 5.41) is 2.67. The summed E-state index contributed by atoms with van der Waals surface area (Å²) in [7, 11) is 0. The third-order valence-electron chi connectivity index (χ3n) is 2.90. The first-order valence-corrected chi connectivity index (χ1v) is 5.74. The number of carbonyl (C=O) groups excluding carboxylic acids is 1. The second-order valence-corrected chi connectivity index (χ2v) is 4.95. The highest BCUT2D eigenvalue weighted by Gasteiger charge is 2.27. The fraction of sp³-hybridized carbons (Fsp3) is 0.462. The fourth-order valence-corrected chi connectivity index (χ4v) is 1.42. The van der Waals surface area contributed by atoms with E-state index in [9.17, 15) is 13.6 Å². The van der Waals surface area contributed by atoms with Crippen LogP contribution < -0.4 is 11.1 Å². The standard InChI is InChI=1S/C13H18F2N2O.ClH/c1-8(17-12(18)13(2,3)7-16)10-5-4-9(14)6-11(10)15;/h4-6,8H,7,16H2,1-3H3,(H,17,18);1H. The molecule has 1 amide bonds. The van der Waals surface area contributed by atoms with E-state index in [1.54, 1.807) is 20.8 Å². The van der Waals surface area contributed by atoms with Crippen LogP contribution in [0.5, 0.6) is 0 Å². The molecule has 108 valence electrons. The number of halogens is 3. The van der Waals surface area contributed by atoms with Gasteiger partial charge in [-0.25, -0.2) is 8.78 Å². The molecule has 0 spiro atoms. The second kappa shape index (κ2) is 6.82. The Kier molecular flexibility index (Phi) is 6.39. The van der Waals surface area contributed by atoms with Crippen LogP contribution in [-0.4, -0.2) is 12.5 Å². The number of rotatable bonds is 4. The van der Waals surface area contributed by atoms with Gasteiger partial charge >= 0.3 is 0 Å². The van der Waals surface area contributed by atoms with Gasteiger partial charge < -0.3 is 11.1 Å². The molecule has 0 aromatic heterocycles. The van der Waals surface area contributed by atoms with Crippen molar-refractivity contribution in [1.82, 2.24) is 5.32 Å². The van der Waals surface area contributed by atoms with Gasteiger partial charge in [-0.2, -0.15) is 0 Å². The minimum Gasteiger partial charge on any atom is -0.349 e. The van der Waals surface area contributed by atoms with E-state index >= 15 is 0 Å². The maximum absolute atomic E-state index is 13.5. The van der Waals surface area contributed by atoms with Crippen LogP contribution >= 0.6 is 12.4 Å². The Morgan fingerprint density at radius 2 is 2.00 bits per heavy atom. The third-order valence-corrected chi connectivity index (χ3v) is 2.90. The maximum atomic E-state index is 13.5. The molecule has 1 aromatic rings. The lowest BCUT2D eigenvalue weighted by atomic mass is 9.92. The Balaban J connectivity index is 0.00000324. The van der Waals surface area contributed by atoms with E-state index in [-0.39, 0.29) is 30.4 Å². The average Bonchev–Trinajstić information content (AvgIpc) is 2.28. The van der Waals surface area contributed by atoms with E-state index in [0.717, 1.165) is 12.1 Å². The Hall–Kier alpha value is -1.20. The molecular weight excluding hydrogens is 274 g/mol. The normalized spacial score (nSPS) is 12.5. The van der Waals surface area contributed by atoms with Crippen molar-refractivity contribution in [1.29, 1.82) is 0 Å². The average molecular weight is 293 g/mol. The van der Waals surface area contributed by atoms with Crippen LogP contribution in [0.25, 0.3) is 0 Å². The monoisotopic (exact) mass is 292 g/mol. The van der Waals surface area contributed by atoms with E-state index in [0.29, 0.717) is 0 Å². The molecule has 0 aliphatic rings. The molecule has 3 nitrogen and oxygen atoms in total. The Morgan fingerprint density at radius 3 is 2.47 bits per heavy atom. The zero-order valence-electron chi connectivity index (χ0n) is 11.2.